The molecule has 4 nitrogen and oxygen atoms in total. The molecule has 198 valence electrons. The second kappa shape index (κ2) is 9.15. The Balaban J connectivity index is 1.78. The Morgan fingerprint density at radius 2 is 0.816 bits per heavy atom. The third-order valence-corrected chi connectivity index (χ3v) is 5.23. The average molecular weight is 554 g/mol. The Morgan fingerprint density at radius 3 is 1.16 bits per heavy atom. The molecule has 1 aliphatic carbocycles. The standard InChI is InChI=1S/C23H5F11O4/c24-7-3-1-6(2-4-7)8-5-23(8,21(35)37-19-15(31)11(27)9(25)12(28)16(19)32)22(36)38-20-17(33)13(29)10(26)14(30)18(20)34/h1-5H. The van der Waals surface area contributed by atoms with E-state index in [1.807, 2.05) is 0 Å². The summed E-state index contributed by atoms with van der Waals surface area (Å²) in [5, 5.41) is 0. The number of hydrogen-bond acceptors (Lipinski definition) is 4. The molecule has 0 bridgehead atoms. The number of esters is 2. The van der Waals surface area contributed by atoms with Crippen molar-refractivity contribution in [3.8, 4) is 11.5 Å². The number of carbonyl (C=O) groups is 2. The zero-order valence-corrected chi connectivity index (χ0v) is 17.7. The highest BCUT2D eigenvalue weighted by Crippen LogP contribution is 2.53. The van der Waals surface area contributed by atoms with Crippen LogP contribution in [0.15, 0.2) is 30.3 Å². The lowest BCUT2D eigenvalue weighted by atomic mass is 9.96. The van der Waals surface area contributed by atoms with Crippen molar-refractivity contribution in [2.75, 3.05) is 0 Å². The van der Waals surface area contributed by atoms with E-state index in [4.69, 9.17) is 0 Å². The lowest BCUT2D eigenvalue weighted by Crippen LogP contribution is -2.37. The van der Waals surface area contributed by atoms with Gasteiger partial charge in [-0.1, -0.05) is 12.1 Å². The lowest BCUT2D eigenvalue weighted by Gasteiger charge is -2.18. The second-order valence-corrected chi connectivity index (χ2v) is 7.45. The average Bonchev–Trinajstić information content (AvgIpc) is 3.66. The molecule has 0 spiro atoms. The summed E-state index contributed by atoms with van der Waals surface area (Å²) in [6, 6.07) is 3.40. The second-order valence-electron chi connectivity index (χ2n) is 7.45. The third kappa shape index (κ3) is 3.94. The van der Waals surface area contributed by atoms with Crippen molar-refractivity contribution in [3.05, 3.63) is 99.9 Å². The molecule has 0 saturated heterocycles. The number of benzene rings is 3. The van der Waals surface area contributed by atoms with Gasteiger partial charge in [0.25, 0.3) is 0 Å². The molecule has 0 aromatic heterocycles. The number of carbonyl (C=O) groups excluding carboxylic acids is 2. The predicted octanol–water partition coefficient (Wildman–Crippen LogP) is 5.81. The van der Waals surface area contributed by atoms with Crippen molar-refractivity contribution in [2.24, 2.45) is 5.41 Å². The van der Waals surface area contributed by atoms with E-state index in [1.165, 1.54) is 0 Å². The van der Waals surface area contributed by atoms with Crippen LogP contribution in [-0.2, 0) is 9.59 Å². The maximum absolute atomic E-state index is 14.0. The molecule has 0 amide bonds. The molecule has 0 fully saturated rings. The molecular formula is C23H5F11O4. The van der Waals surface area contributed by atoms with Crippen LogP contribution >= 0.6 is 0 Å². The van der Waals surface area contributed by atoms with E-state index >= 15 is 0 Å². The first-order valence-electron chi connectivity index (χ1n) is 9.70. The van der Waals surface area contributed by atoms with Gasteiger partial charge in [-0.05, 0) is 29.3 Å². The van der Waals surface area contributed by atoms with Gasteiger partial charge in [0, 0.05) is 0 Å². The van der Waals surface area contributed by atoms with Crippen LogP contribution < -0.4 is 9.47 Å². The van der Waals surface area contributed by atoms with Crippen LogP contribution in [0.5, 0.6) is 11.5 Å². The monoisotopic (exact) mass is 554 g/mol. The zero-order valence-electron chi connectivity index (χ0n) is 17.7. The van der Waals surface area contributed by atoms with Crippen molar-refractivity contribution >= 4 is 17.5 Å². The lowest BCUT2D eigenvalue weighted by molar-refractivity contribution is -0.152. The summed E-state index contributed by atoms with van der Waals surface area (Å²) < 4.78 is 158. The number of hydrogen-bond donors (Lipinski definition) is 0. The van der Waals surface area contributed by atoms with Gasteiger partial charge in [0.05, 0.1) is 0 Å². The zero-order chi connectivity index (χ0) is 28.3. The molecule has 0 atom stereocenters. The smallest absolute Gasteiger partial charge is 0.337 e. The van der Waals surface area contributed by atoms with Crippen LogP contribution in [0, 0.1) is 69.4 Å². The first-order valence-corrected chi connectivity index (χ1v) is 9.70. The van der Waals surface area contributed by atoms with Gasteiger partial charge in [-0.15, -0.1) is 0 Å². The van der Waals surface area contributed by atoms with Crippen molar-refractivity contribution in [2.45, 2.75) is 0 Å². The van der Waals surface area contributed by atoms with Crippen LogP contribution in [0.1, 0.15) is 5.56 Å². The van der Waals surface area contributed by atoms with Crippen LogP contribution in [0.25, 0.3) is 5.57 Å². The van der Waals surface area contributed by atoms with E-state index in [1.54, 1.807) is 0 Å². The van der Waals surface area contributed by atoms with Crippen LogP contribution in [0.4, 0.5) is 48.3 Å². The molecule has 3 aromatic rings. The Bertz CT molecular complexity index is 1420. The fraction of sp³-hybridized carbons (Fsp3) is 0.0435. The van der Waals surface area contributed by atoms with Crippen molar-refractivity contribution in [1.82, 2.24) is 0 Å². The van der Waals surface area contributed by atoms with Gasteiger partial charge in [0.1, 0.15) is 5.82 Å². The van der Waals surface area contributed by atoms with Gasteiger partial charge in [0.15, 0.2) is 0 Å². The summed E-state index contributed by atoms with van der Waals surface area (Å²) in [5.74, 6) is -35.6. The summed E-state index contributed by atoms with van der Waals surface area (Å²) in [6.07, 6.45) is 0.545. The quantitative estimate of drug-likeness (QED) is 0.0998. The van der Waals surface area contributed by atoms with Gasteiger partial charge < -0.3 is 9.47 Å². The SMILES string of the molecule is O=C(Oc1c(F)c(F)c(F)c(F)c1F)C1(C(=O)Oc2c(F)c(F)c(F)c(F)c2F)C=C1c1ccc(F)cc1. The molecule has 0 unspecified atom stereocenters. The van der Waals surface area contributed by atoms with E-state index < -0.39 is 98.4 Å². The minimum atomic E-state index is -3.07. The number of ether oxygens (including phenoxy) is 2. The highest BCUT2D eigenvalue weighted by Gasteiger charge is 2.62. The maximum Gasteiger partial charge on any atom is 0.337 e. The predicted molar refractivity (Wildman–Crippen MR) is 101 cm³/mol. The molecule has 0 heterocycles. The molecule has 0 N–H and O–H groups in total. The number of halogens is 11. The van der Waals surface area contributed by atoms with E-state index in [9.17, 15) is 57.9 Å². The van der Waals surface area contributed by atoms with Gasteiger partial charge in [-0.3, -0.25) is 0 Å². The largest absolute Gasteiger partial charge is 0.419 e. The fourth-order valence-electron chi connectivity index (χ4n) is 3.24. The summed E-state index contributed by atoms with van der Waals surface area (Å²) in [4.78, 5) is 25.7. The van der Waals surface area contributed by atoms with E-state index in [-0.39, 0.29) is 5.56 Å². The fourth-order valence-corrected chi connectivity index (χ4v) is 3.24. The van der Waals surface area contributed by atoms with Crippen LogP contribution in [0.2, 0.25) is 0 Å². The highest BCUT2D eigenvalue weighted by atomic mass is 19.2. The minimum Gasteiger partial charge on any atom is -0.419 e. The molecule has 0 radical (unpaired) electrons. The summed E-state index contributed by atoms with van der Waals surface area (Å²) >= 11 is 0. The van der Waals surface area contributed by atoms with Gasteiger partial charge >= 0.3 is 11.9 Å². The molecule has 4 rings (SSSR count). The Labute approximate surface area is 202 Å². The van der Waals surface area contributed by atoms with E-state index in [2.05, 4.69) is 9.47 Å². The molecule has 3 aromatic carbocycles. The van der Waals surface area contributed by atoms with Crippen molar-refractivity contribution in [3.63, 3.8) is 0 Å². The summed E-state index contributed by atoms with van der Waals surface area (Å²) in [7, 11) is 0. The van der Waals surface area contributed by atoms with Gasteiger partial charge in [-0.25, -0.2) is 40.3 Å². The Hall–Kier alpha value is -4.43. The molecule has 0 aliphatic heterocycles. The van der Waals surface area contributed by atoms with Gasteiger partial charge in [0.2, 0.25) is 75.1 Å². The van der Waals surface area contributed by atoms with Crippen molar-refractivity contribution < 1.29 is 67.4 Å². The first-order chi connectivity index (χ1) is 17.7. The molecule has 38 heavy (non-hydrogen) atoms. The van der Waals surface area contributed by atoms with Gasteiger partial charge in [-0.2, -0.15) is 17.6 Å². The summed E-state index contributed by atoms with van der Waals surface area (Å²) in [6.45, 7) is 0. The van der Waals surface area contributed by atoms with Crippen LogP contribution in [0.3, 0.4) is 0 Å². The van der Waals surface area contributed by atoms with E-state index in [0.29, 0.717) is 6.08 Å². The first kappa shape index (κ1) is 26.6. The third-order valence-electron chi connectivity index (χ3n) is 5.23. The highest BCUT2D eigenvalue weighted by molar-refractivity contribution is 6.23. The topological polar surface area (TPSA) is 52.6 Å². The molecule has 0 saturated carbocycles. The summed E-state index contributed by atoms with van der Waals surface area (Å²) in [5.41, 5.74) is -3.87. The normalized spacial score (nSPS) is 13.7. The Morgan fingerprint density at radius 1 is 0.500 bits per heavy atom. The molecular weight excluding hydrogens is 549 g/mol. The molecule has 1 aliphatic rings. The van der Waals surface area contributed by atoms with E-state index in [0.717, 1.165) is 24.3 Å². The Kier molecular flexibility index (Phi) is 6.41. The van der Waals surface area contributed by atoms with Crippen molar-refractivity contribution in [1.29, 1.82) is 0 Å². The molecule has 15 heteroatoms. The minimum absolute atomic E-state index is 0.227. The maximum atomic E-state index is 14.0. The van der Waals surface area contributed by atoms with Crippen LogP contribution in [-0.4, -0.2) is 11.9 Å². The number of rotatable bonds is 5.